The van der Waals surface area contributed by atoms with Gasteiger partial charge in [0.1, 0.15) is 5.75 Å². The molecule has 0 aliphatic carbocycles. The second-order valence-electron chi connectivity index (χ2n) is 4.16. The molecule has 0 saturated heterocycles. The molecule has 22 heavy (non-hydrogen) atoms. The molecule has 0 fully saturated rings. The van der Waals surface area contributed by atoms with E-state index in [1.165, 1.54) is 18.4 Å². The second kappa shape index (κ2) is 7.90. The molecule has 1 amide bonds. The number of hydrogen-bond donors (Lipinski definition) is 1. The van der Waals surface area contributed by atoms with Gasteiger partial charge >= 0.3 is 5.97 Å². The van der Waals surface area contributed by atoms with Crippen LogP contribution in [-0.2, 0) is 20.7 Å². The minimum atomic E-state index is -0.375. The van der Waals surface area contributed by atoms with E-state index in [4.69, 9.17) is 4.74 Å². The van der Waals surface area contributed by atoms with Crippen LogP contribution in [0.4, 0.5) is 5.13 Å². The van der Waals surface area contributed by atoms with Crippen LogP contribution < -0.4 is 10.1 Å². The Balaban J connectivity index is 1.85. The van der Waals surface area contributed by atoms with Crippen molar-refractivity contribution < 1.29 is 19.1 Å². The van der Waals surface area contributed by atoms with Crippen molar-refractivity contribution in [2.24, 2.45) is 0 Å². The van der Waals surface area contributed by atoms with Crippen LogP contribution in [0.5, 0.6) is 5.75 Å². The molecular formula is C14H13BrN2O4S. The maximum atomic E-state index is 11.8. The Morgan fingerprint density at radius 3 is 2.86 bits per heavy atom. The predicted molar refractivity (Wildman–Crippen MR) is 86.1 cm³/mol. The van der Waals surface area contributed by atoms with E-state index in [1.807, 2.05) is 18.2 Å². The maximum absolute atomic E-state index is 11.8. The zero-order valence-electron chi connectivity index (χ0n) is 11.7. The quantitative estimate of drug-likeness (QED) is 0.774. The summed E-state index contributed by atoms with van der Waals surface area (Å²) in [5.41, 5.74) is 0.555. The number of carbonyl (C=O) groups is 2. The highest BCUT2D eigenvalue weighted by atomic mass is 79.9. The number of benzene rings is 1. The molecule has 116 valence electrons. The summed E-state index contributed by atoms with van der Waals surface area (Å²) < 4.78 is 10.7. The van der Waals surface area contributed by atoms with E-state index in [0.29, 0.717) is 16.6 Å². The summed E-state index contributed by atoms with van der Waals surface area (Å²) in [6.07, 6.45) is 0.0797. The standard InChI is InChI=1S/C14H13BrN2O4S/c1-20-13(19)6-9-8-22-14(16-9)17-12(18)7-21-11-5-3-2-4-10(11)15/h2-5,8H,6-7H2,1H3,(H,16,17,18). The van der Waals surface area contributed by atoms with Crippen molar-refractivity contribution in [1.82, 2.24) is 4.98 Å². The van der Waals surface area contributed by atoms with E-state index in [1.54, 1.807) is 11.4 Å². The Bertz CT molecular complexity index is 674. The van der Waals surface area contributed by atoms with Gasteiger partial charge in [0.25, 0.3) is 5.91 Å². The summed E-state index contributed by atoms with van der Waals surface area (Å²) in [5.74, 6) is -0.113. The van der Waals surface area contributed by atoms with Crippen molar-refractivity contribution in [1.29, 1.82) is 0 Å². The van der Waals surface area contributed by atoms with Gasteiger partial charge in [0.05, 0.1) is 23.7 Å². The van der Waals surface area contributed by atoms with Gasteiger partial charge in [0, 0.05) is 5.38 Å². The van der Waals surface area contributed by atoms with Gasteiger partial charge in [0.15, 0.2) is 11.7 Å². The fourth-order valence-electron chi connectivity index (χ4n) is 1.53. The molecule has 0 radical (unpaired) electrons. The Hall–Kier alpha value is -1.93. The molecule has 0 aliphatic rings. The van der Waals surface area contributed by atoms with Crippen LogP contribution in [0.15, 0.2) is 34.1 Å². The third-order valence-corrected chi connectivity index (χ3v) is 4.01. The number of amides is 1. The van der Waals surface area contributed by atoms with Crippen molar-refractivity contribution in [2.75, 3.05) is 19.0 Å². The number of anilines is 1. The van der Waals surface area contributed by atoms with Crippen LogP contribution in [0.25, 0.3) is 0 Å². The van der Waals surface area contributed by atoms with E-state index < -0.39 is 0 Å². The number of rotatable bonds is 6. The number of nitrogens with one attached hydrogen (secondary N) is 1. The van der Waals surface area contributed by atoms with Gasteiger partial charge in [-0.3, -0.25) is 14.9 Å². The average molecular weight is 385 g/mol. The molecule has 0 saturated carbocycles. The number of nitrogens with zero attached hydrogens (tertiary/aromatic N) is 1. The highest BCUT2D eigenvalue weighted by Crippen LogP contribution is 2.23. The van der Waals surface area contributed by atoms with Crippen LogP contribution in [0.2, 0.25) is 0 Å². The molecule has 0 atom stereocenters. The lowest BCUT2D eigenvalue weighted by molar-refractivity contribution is -0.139. The second-order valence-corrected chi connectivity index (χ2v) is 5.88. The molecule has 8 heteroatoms. The van der Waals surface area contributed by atoms with Crippen molar-refractivity contribution in [2.45, 2.75) is 6.42 Å². The zero-order chi connectivity index (χ0) is 15.9. The number of esters is 1. The first-order chi connectivity index (χ1) is 10.6. The van der Waals surface area contributed by atoms with E-state index in [9.17, 15) is 9.59 Å². The number of methoxy groups -OCH3 is 1. The molecule has 2 aromatic rings. The van der Waals surface area contributed by atoms with E-state index in [2.05, 4.69) is 31.0 Å². The normalized spacial score (nSPS) is 10.1. The molecule has 1 N–H and O–H groups in total. The molecule has 1 heterocycles. The Kier molecular flexibility index (Phi) is 5.91. The monoisotopic (exact) mass is 384 g/mol. The van der Waals surface area contributed by atoms with Crippen LogP contribution >= 0.6 is 27.3 Å². The fourth-order valence-corrected chi connectivity index (χ4v) is 2.65. The summed E-state index contributed by atoms with van der Waals surface area (Å²) in [7, 11) is 1.32. The summed E-state index contributed by atoms with van der Waals surface area (Å²) in [5, 5.41) is 4.73. The average Bonchev–Trinajstić information content (AvgIpc) is 2.93. The largest absolute Gasteiger partial charge is 0.483 e. The lowest BCUT2D eigenvalue weighted by Gasteiger charge is -2.07. The Morgan fingerprint density at radius 1 is 1.36 bits per heavy atom. The molecule has 0 bridgehead atoms. The number of thiazole rings is 1. The third kappa shape index (κ3) is 4.81. The number of carbonyl (C=O) groups excluding carboxylic acids is 2. The molecule has 6 nitrogen and oxygen atoms in total. The van der Waals surface area contributed by atoms with Gasteiger partial charge in [-0.05, 0) is 28.1 Å². The molecule has 0 aliphatic heterocycles. The smallest absolute Gasteiger partial charge is 0.311 e. The topological polar surface area (TPSA) is 77.5 Å². The van der Waals surface area contributed by atoms with Gasteiger partial charge in [-0.2, -0.15) is 0 Å². The Morgan fingerprint density at radius 2 is 2.14 bits per heavy atom. The highest BCUT2D eigenvalue weighted by Gasteiger charge is 2.11. The van der Waals surface area contributed by atoms with Crippen LogP contribution in [-0.4, -0.2) is 30.6 Å². The number of ether oxygens (including phenoxy) is 2. The molecule has 0 unspecified atom stereocenters. The molecule has 1 aromatic carbocycles. The van der Waals surface area contributed by atoms with Crippen molar-refractivity contribution in [3.05, 3.63) is 39.8 Å². The molecule has 1 aromatic heterocycles. The SMILES string of the molecule is COC(=O)Cc1csc(NC(=O)COc2ccccc2Br)n1. The van der Waals surface area contributed by atoms with Crippen molar-refractivity contribution >= 4 is 44.3 Å². The first-order valence-corrected chi connectivity index (χ1v) is 7.94. The van der Waals surface area contributed by atoms with Gasteiger partial charge in [-0.25, -0.2) is 4.98 Å². The Labute approximate surface area is 139 Å². The predicted octanol–water partition coefficient (Wildman–Crippen LogP) is 2.64. The summed E-state index contributed by atoms with van der Waals surface area (Å²) >= 11 is 4.57. The third-order valence-electron chi connectivity index (χ3n) is 2.55. The first-order valence-electron chi connectivity index (χ1n) is 6.27. The zero-order valence-corrected chi connectivity index (χ0v) is 14.1. The summed E-state index contributed by atoms with van der Waals surface area (Å²) in [6.45, 7) is -0.130. The number of halogens is 1. The summed E-state index contributed by atoms with van der Waals surface area (Å²) in [6, 6.07) is 7.26. The molecule has 2 rings (SSSR count). The van der Waals surface area contributed by atoms with Crippen LogP contribution in [0.1, 0.15) is 5.69 Å². The van der Waals surface area contributed by atoms with Crippen molar-refractivity contribution in [3.63, 3.8) is 0 Å². The minimum Gasteiger partial charge on any atom is -0.483 e. The lowest BCUT2D eigenvalue weighted by Crippen LogP contribution is -2.20. The molecule has 0 spiro atoms. The maximum Gasteiger partial charge on any atom is 0.311 e. The van der Waals surface area contributed by atoms with Gasteiger partial charge in [0.2, 0.25) is 0 Å². The van der Waals surface area contributed by atoms with Gasteiger partial charge in [-0.1, -0.05) is 12.1 Å². The lowest BCUT2D eigenvalue weighted by atomic mass is 10.3. The van der Waals surface area contributed by atoms with Gasteiger partial charge in [-0.15, -0.1) is 11.3 Å². The minimum absolute atomic E-state index is 0.0797. The van der Waals surface area contributed by atoms with E-state index >= 15 is 0 Å². The number of aromatic nitrogens is 1. The number of hydrogen-bond acceptors (Lipinski definition) is 6. The fraction of sp³-hybridized carbons (Fsp3) is 0.214. The van der Waals surface area contributed by atoms with Crippen LogP contribution in [0.3, 0.4) is 0 Å². The first kappa shape index (κ1) is 16.4. The molecular weight excluding hydrogens is 372 g/mol. The van der Waals surface area contributed by atoms with Crippen molar-refractivity contribution in [3.8, 4) is 5.75 Å². The van der Waals surface area contributed by atoms with Gasteiger partial charge < -0.3 is 9.47 Å². The van der Waals surface area contributed by atoms with Crippen LogP contribution in [0, 0.1) is 0 Å². The number of para-hydroxylation sites is 1. The van der Waals surface area contributed by atoms with E-state index in [0.717, 1.165) is 4.47 Å². The highest BCUT2D eigenvalue weighted by molar-refractivity contribution is 9.10. The summed E-state index contributed by atoms with van der Waals surface area (Å²) in [4.78, 5) is 27.1. The van der Waals surface area contributed by atoms with E-state index in [-0.39, 0.29) is 24.9 Å².